The van der Waals surface area contributed by atoms with E-state index in [-0.39, 0.29) is 59.5 Å². The van der Waals surface area contributed by atoms with Crippen LogP contribution in [0.2, 0.25) is 0 Å². The normalized spacial score (nSPS) is 26.6. The molecule has 1 saturated carbocycles. The summed E-state index contributed by atoms with van der Waals surface area (Å²) < 4.78 is 5.36. The molecule has 0 aromatic heterocycles. The number of nitrogens with one attached hydrogen (secondary N) is 2. The molecule has 1 aromatic rings. The fourth-order valence-corrected chi connectivity index (χ4v) is 4.88. The number of hydrogen-bond acceptors (Lipinski definition) is 4. The van der Waals surface area contributed by atoms with E-state index in [1.54, 1.807) is 14.2 Å². The highest BCUT2D eigenvalue weighted by atomic mass is 127. The molecule has 2 amide bonds. The molecule has 2 N–H and O–H groups in total. The van der Waals surface area contributed by atoms with Gasteiger partial charge in [0.2, 0.25) is 11.8 Å². The lowest BCUT2D eigenvalue weighted by molar-refractivity contribution is -0.140. The third-order valence-corrected chi connectivity index (χ3v) is 6.27. The van der Waals surface area contributed by atoms with Crippen LogP contribution in [0.25, 0.3) is 0 Å². The highest BCUT2D eigenvalue weighted by Gasteiger charge is 2.58. The van der Waals surface area contributed by atoms with Crippen molar-refractivity contribution >= 4 is 41.8 Å². The Kier molecular flexibility index (Phi) is 7.38. The Morgan fingerprint density at radius 2 is 1.80 bits per heavy atom. The van der Waals surface area contributed by atoms with Gasteiger partial charge >= 0.3 is 0 Å². The zero-order chi connectivity index (χ0) is 20.4. The van der Waals surface area contributed by atoms with Crippen molar-refractivity contribution in [1.82, 2.24) is 15.5 Å². The van der Waals surface area contributed by atoms with Crippen molar-refractivity contribution in [2.45, 2.75) is 19.4 Å². The van der Waals surface area contributed by atoms with Gasteiger partial charge in [-0.1, -0.05) is 30.4 Å². The number of allylic oxidation sites excluding steroid dienone is 2. The van der Waals surface area contributed by atoms with E-state index in [1.165, 1.54) is 4.90 Å². The maximum absolute atomic E-state index is 12.7. The van der Waals surface area contributed by atoms with Gasteiger partial charge in [-0.3, -0.25) is 19.5 Å². The fraction of sp³-hybridized carbons (Fsp3) is 0.500. The monoisotopic (exact) mass is 524 g/mol. The molecule has 1 aliphatic heterocycles. The molecule has 1 aromatic carbocycles. The average molecular weight is 524 g/mol. The second-order valence-electron chi connectivity index (χ2n) is 7.85. The number of ether oxygens (including phenoxy) is 1. The summed E-state index contributed by atoms with van der Waals surface area (Å²) in [6.45, 7) is 1.68. The summed E-state index contributed by atoms with van der Waals surface area (Å²) >= 11 is 0. The smallest absolute Gasteiger partial charge is 0.233 e. The standard InChI is InChI=1S/C22H28N4O3.HI/c1-23-22(25-13-16-6-3-4-7-17(16)29-2)24-10-5-11-26-20(27)18-14-8-9-15(12-14)19(18)21(26)28;/h3-4,6-9,14-15,18-19H,5,10-13H2,1-2H3,(H2,23,24,25);1H. The van der Waals surface area contributed by atoms with Crippen molar-refractivity contribution in [3.8, 4) is 5.75 Å². The summed E-state index contributed by atoms with van der Waals surface area (Å²) in [5.74, 6) is 1.86. The molecule has 0 spiro atoms. The Labute approximate surface area is 194 Å². The lowest BCUT2D eigenvalue weighted by Crippen LogP contribution is -2.39. The summed E-state index contributed by atoms with van der Waals surface area (Å²) in [4.78, 5) is 31.1. The van der Waals surface area contributed by atoms with Gasteiger partial charge in [0.05, 0.1) is 18.9 Å². The van der Waals surface area contributed by atoms with Crippen LogP contribution in [-0.4, -0.2) is 49.9 Å². The summed E-state index contributed by atoms with van der Waals surface area (Å²) in [6, 6.07) is 7.83. The van der Waals surface area contributed by atoms with Gasteiger partial charge in [-0.05, 0) is 30.7 Å². The van der Waals surface area contributed by atoms with Crippen molar-refractivity contribution in [3.05, 3.63) is 42.0 Å². The summed E-state index contributed by atoms with van der Waals surface area (Å²) in [5, 5.41) is 6.51. The molecule has 1 heterocycles. The quantitative estimate of drug-likeness (QED) is 0.143. The van der Waals surface area contributed by atoms with Gasteiger partial charge in [0.25, 0.3) is 0 Å². The number of fused-ring (bicyclic) bond motifs is 5. The Balaban J connectivity index is 0.00000256. The molecule has 30 heavy (non-hydrogen) atoms. The molecule has 2 aliphatic carbocycles. The number of para-hydroxylation sites is 1. The number of imide groups is 1. The molecule has 2 fully saturated rings. The van der Waals surface area contributed by atoms with Crippen LogP contribution in [0.3, 0.4) is 0 Å². The van der Waals surface area contributed by atoms with E-state index in [1.807, 2.05) is 24.3 Å². The topological polar surface area (TPSA) is 83.0 Å². The number of methoxy groups -OCH3 is 1. The number of guanidine groups is 1. The largest absolute Gasteiger partial charge is 0.496 e. The van der Waals surface area contributed by atoms with Crippen LogP contribution in [0.15, 0.2) is 41.4 Å². The molecule has 2 bridgehead atoms. The second-order valence-corrected chi connectivity index (χ2v) is 7.85. The third kappa shape index (κ3) is 4.19. The Morgan fingerprint density at radius 1 is 1.13 bits per heavy atom. The number of likely N-dealkylation sites (tertiary alicyclic amines) is 1. The molecular weight excluding hydrogens is 495 g/mol. The summed E-state index contributed by atoms with van der Waals surface area (Å²) in [7, 11) is 3.37. The first-order valence-electron chi connectivity index (χ1n) is 10.2. The van der Waals surface area contributed by atoms with E-state index >= 15 is 0 Å². The van der Waals surface area contributed by atoms with E-state index in [0.717, 1.165) is 17.7 Å². The van der Waals surface area contributed by atoms with Crippen molar-refractivity contribution in [2.24, 2.45) is 28.7 Å². The zero-order valence-electron chi connectivity index (χ0n) is 17.3. The lowest BCUT2D eigenvalue weighted by atomic mass is 9.85. The Hall–Kier alpha value is -2.10. The van der Waals surface area contributed by atoms with Gasteiger partial charge in [-0.25, -0.2) is 0 Å². The lowest BCUT2D eigenvalue weighted by Gasteiger charge is -2.18. The van der Waals surface area contributed by atoms with Gasteiger partial charge in [-0.2, -0.15) is 0 Å². The summed E-state index contributed by atoms with van der Waals surface area (Å²) in [6.07, 6.45) is 5.91. The van der Waals surface area contributed by atoms with Crippen molar-refractivity contribution in [3.63, 3.8) is 0 Å². The van der Waals surface area contributed by atoms with Crippen molar-refractivity contribution in [1.29, 1.82) is 0 Å². The first-order valence-corrected chi connectivity index (χ1v) is 10.2. The van der Waals surface area contributed by atoms with Crippen molar-refractivity contribution in [2.75, 3.05) is 27.2 Å². The minimum absolute atomic E-state index is 0. The third-order valence-electron chi connectivity index (χ3n) is 6.27. The molecule has 162 valence electrons. The molecule has 8 heteroatoms. The average Bonchev–Trinajstić information content (AvgIpc) is 3.42. The number of amides is 2. The molecule has 4 atom stereocenters. The summed E-state index contributed by atoms with van der Waals surface area (Å²) in [5.41, 5.74) is 1.04. The van der Waals surface area contributed by atoms with Crippen LogP contribution in [-0.2, 0) is 16.1 Å². The van der Waals surface area contributed by atoms with Gasteiger partial charge in [0.1, 0.15) is 5.75 Å². The minimum atomic E-state index is -0.110. The second kappa shape index (κ2) is 9.80. The Bertz CT molecular complexity index is 827. The van der Waals surface area contributed by atoms with Gasteiger partial charge in [0.15, 0.2) is 5.96 Å². The van der Waals surface area contributed by atoms with Gasteiger partial charge in [0, 0.05) is 32.2 Å². The molecule has 3 aliphatic rings. The molecular formula is C22H29IN4O3. The maximum atomic E-state index is 12.7. The van der Waals surface area contributed by atoms with E-state index in [4.69, 9.17) is 4.74 Å². The number of carbonyl (C=O) groups is 2. The number of rotatable bonds is 7. The number of aliphatic imine (C=N–C) groups is 1. The van der Waals surface area contributed by atoms with Gasteiger partial charge < -0.3 is 15.4 Å². The molecule has 0 radical (unpaired) electrons. The number of carbonyl (C=O) groups excluding carboxylic acids is 2. The highest BCUT2D eigenvalue weighted by molar-refractivity contribution is 14.0. The van der Waals surface area contributed by atoms with E-state index in [0.29, 0.717) is 32.0 Å². The predicted molar refractivity (Wildman–Crippen MR) is 126 cm³/mol. The zero-order valence-corrected chi connectivity index (χ0v) is 19.7. The van der Waals surface area contributed by atoms with Crippen LogP contribution in [0.4, 0.5) is 0 Å². The van der Waals surface area contributed by atoms with Crippen LogP contribution in [0.1, 0.15) is 18.4 Å². The fourth-order valence-electron chi connectivity index (χ4n) is 4.88. The molecule has 4 unspecified atom stereocenters. The Morgan fingerprint density at radius 3 is 2.43 bits per heavy atom. The molecule has 1 saturated heterocycles. The number of hydrogen-bond donors (Lipinski definition) is 2. The van der Waals surface area contributed by atoms with E-state index < -0.39 is 0 Å². The number of nitrogens with zero attached hydrogens (tertiary/aromatic N) is 2. The van der Waals surface area contributed by atoms with Crippen molar-refractivity contribution < 1.29 is 14.3 Å². The SMILES string of the molecule is CN=C(NCCCN1C(=O)C2C3C=CC(C3)C2C1=O)NCc1ccccc1OC.I. The maximum Gasteiger partial charge on any atom is 0.233 e. The van der Waals surface area contributed by atoms with E-state index in [2.05, 4.69) is 27.8 Å². The van der Waals surface area contributed by atoms with Crippen LogP contribution in [0, 0.1) is 23.7 Å². The number of benzene rings is 1. The van der Waals surface area contributed by atoms with E-state index in [9.17, 15) is 9.59 Å². The first-order chi connectivity index (χ1) is 14.1. The minimum Gasteiger partial charge on any atom is -0.496 e. The first kappa shape index (κ1) is 22.6. The van der Waals surface area contributed by atoms with Gasteiger partial charge in [-0.15, -0.1) is 24.0 Å². The van der Waals surface area contributed by atoms with Crippen LogP contribution < -0.4 is 15.4 Å². The molecule has 4 rings (SSSR count). The van der Waals surface area contributed by atoms with Crippen LogP contribution >= 0.6 is 24.0 Å². The van der Waals surface area contributed by atoms with Crippen LogP contribution in [0.5, 0.6) is 5.75 Å². The number of halogens is 1. The molecule has 7 nitrogen and oxygen atoms in total. The highest BCUT2D eigenvalue weighted by Crippen LogP contribution is 2.52. The predicted octanol–water partition coefficient (Wildman–Crippen LogP) is 2.18.